The fourth-order valence-electron chi connectivity index (χ4n) is 3.25. The molecule has 0 aliphatic carbocycles. The number of methoxy groups -OCH3 is 1. The van der Waals surface area contributed by atoms with Crippen molar-refractivity contribution in [1.82, 2.24) is 4.90 Å². The van der Waals surface area contributed by atoms with Crippen LogP contribution in [-0.2, 0) is 19.1 Å². The third kappa shape index (κ3) is 7.35. The maximum absolute atomic E-state index is 12.7. The molecular formula is C26H28N2O7S. The highest BCUT2D eigenvalue weighted by atomic mass is 32.2. The molecule has 0 atom stereocenters. The lowest BCUT2D eigenvalue weighted by Crippen LogP contribution is -2.34. The molecule has 1 saturated heterocycles. The highest BCUT2D eigenvalue weighted by Crippen LogP contribution is 2.34. The summed E-state index contributed by atoms with van der Waals surface area (Å²) in [5.41, 5.74) is 2.28. The van der Waals surface area contributed by atoms with Crippen LogP contribution in [0.4, 0.5) is 10.5 Å². The van der Waals surface area contributed by atoms with E-state index in [2.05, 4.69) is 5.32 Å². The molecule has 36 heavy (non-hydrogen) atoms. The van der Waals surface area contributed by atoms with E-state index in [0.717, 1.165) is 28.6 Å². The van der Waals surface area contributed by atoms with Crippen LogP contribution in [0.3, 0.4) is 0 Å². The van der Waals surface area contributed by atoms with Crippen molar-refractivity contribution in [2.24, 2.45) is 0 Å². The molecule has 1 N–H and O–H groups in total. The Morgan fingerprint density at radius 3 is 2.64 bits per heavy atom. The number of esters is 1. The number of carbonyl (C=O) groups excluding carboxylic acids is 4. The topological polar surface area (TPSA) is 111 Å². The van der Waals surface area contributed by atoms with Crippen LogP contribution in [0, 0.1) is 6.92 Å². The predicted molar refractivity (Wildman–Crippen MR) is 137 cm³/mol. The molecule has 0 aromatic heterocycles. The first-order valence-electron chi connectivity index (χ1n) is 11.4. The van der Waals surface area contributed by atoms with Gasteiger partial charge in [0.1, 0.15) is 6.54 Å². The summed E-state index contributed by atoms with van der Waals surface area (Å²) in [6.45, 7) is 3.50. The van der Waals surface area contributed by atoms with Crippen LogP contribution >= 0.6 is 11.8 Å². The number of nitrogens with one attached hydrogen (secondary N) is 1. The highest BCUT2D eigenvalue weighted by molar-refractivity contribution is 8.18. The molecule has 0 radical (unpaired) electrons. The van der Waals surface area contributed by atoms with Crippen molar-refractivity contribution in [2.75, 3.05) is 32.2 Å². The normalized spacial score (nSPS) is 14.2. The van der Waals surface area contributed by atoms with Gasteiger partial charge in [-0.25, -0.2) is 0 Å². The van der Waals surface area contributed by atoms with Crippen molar-refractivity contribution in [1.29, 1.82) is 0 Å². The lowest BCUT2D eigenvalue weighted by molar-refractivity contribution is -0.146. The van der Waals surface area contributed by atoms with Gasteiger partial charge in [0.15, 0.2) is 18.1 Å². The van der Waals surface area contributed by atoms with Crippen LogP contribution in [0.15, 0.2) is 47.4 Å². The maximum Gasteiger partial charge on any atom is 0.326 e. The van der Waals surface area contributed by atoms with Crippen LogP contribution in [-0.4, -0.2) is 54.8 Å². The molecule has 3 rings (SSSR count). The number of hydrogen-bond acceptors (Lipinski definition) is 8. The Hall–Kier alpha value is -3.79. The third-order valence-corrected chi connectivity index (χ3v) is 5.98. The molecule has 10 heteroatoms. The van der Waals surface area contributed by atoms with Crippen LogP contribution < -0.4 is 14.8 Å². The summed E-state index contributed by atoms with van der Waals surface area (Å²) in [6.07, 6.45) is 3.11. The Kier molecular flexibility index (Phi) is 9.52. The van der Waals surface area contributed by atoms with Gasteiger partial charge in [-0.15, -0.1) is 0 Å². The van der Waals surface area contributed by atoms with Gasteiger partial charge < -0.3 is 19.5 Å². The van der Waals surface area contributed by atoms with Gasteiger partial charge in [-0.05, 0) is 66.6 Å². The summed E-state index contributed by atoms with van der Waals surface area (Å²) in [5, 5.41) is 2.23. The van der Waals surface area contributed by atoms with Gasteiger partial charge in [0.05, 0.1) is 18.6 Å². The summed E-state index contributed by atoms with van der Waals surface area (Å²) in [4.78, 5) is 50.1. The Morgan fingerprint density at radius 1 is 1.11 bits per heavy atom. The number of carbonyl (C=O) groups is 4. The molecule has 0 bridgehead atoms. The average molecular weight is 513 g/mol. The lowest BCUT2D eigenvalue weighted by Gasteiger charge is -2.12. The Balaban J connectivity index is 1.62. The van der Waals surface area contributed by atoms with Gasteiger partial charge in [-0.3, -0.25) is 24.1 Å². The van der Waals surface area contributed by atoms with Gasteiger partial charge in [-0.2, -0.15) is 0 Å². The number of thioether (sulfide) groups is 1. The van der Waals surface area contributed by atoms with Crippen molar-refractivity contribution in [2.45, 2.75) is 26.7 Å². The second-order valence-corrected chi connectivity index (χ2v) is 8.95. The highest BCUT2D eigenvalue weighted by Gasteiger charge is 2.36. The number of unbranched alkanes of at least 4 members (excludes halogenated alkanes) is 1. The van der Waals surface area contributed by atoms with E-state index in [1.807, 2.05) is 32.0 Å². The number of nitrogens with zero attached hydrogens (tertiary/aromatic N) is 1. The van der Waals surface area contributed by atoms with Crippen molar-refractivity contribution in [3.63, 3.8) is 0 Å². The number of aryl methyl sites for hydroxylation is 1. The number of ether oxygens (including phenoxy) is 3. The molecule has 9 nitrogen and oxygen atoms in total. The van der Waals surface area contributed by atoms with E-state index in [-0.39, 0.29) is 24.0 Å². The summed E-state index contributed by atoms with van der Waals surface area (Å²) in [5.74, 6) is -0.817. The van der Waals surface area contributed by atoms with E-state index < -0.39 is 23.7 Å². The zero-order valence-corrected chi connectivity index (χ0v) is 21.2. The first-order valence-corrected chi connectivity index (χ1v) is 12.2. The van der Waals surface area contributed by atoms with E-state index in [1.54, 1.807) is 24.3 Å². The minimum absolute atomic E-state index is 0.176. The molecule has 0 spiro atoms. The minimum atomic E-state index is -0.624. The first kappa shape index (κ1) is 26.8. The molecule has 1 heterocycles. The number of benzene rings is 2. The number of anilines is 1. The van der Waals surface area contributed by atoms with Crippen LogP contribution in [0.2, 0.25) is 0 Å². The van der Waals surface area contributed by atoms with Crippen LogP contribution in [0.1, 0.15) is 30.9 Å². The van der Waals surface area contributed by atoms with Crippen molar-refractivity contribution in [3.8, 4) is 11.5 Å². The monoisotopic (exact) mass is 512 g/mol. The molecular weight excluding hydrogens is 484 g/mol. The maximum atomic E-state index is 12.7. The summed E-state index contributed by atoms with van der Waals surface area (Å²) in [7, 11) is 1.46. The second kappa shape index (κ2) is 12.8. The van der Waals surface area contributed by atoms with Crippen molar-refractivity contribution in [3.05, 3.63) is 58.5 Å². The molecule has 2 aromatic rings. The van der Waals surface area contributed by atoms with Crippen molar-refractivity contribution < 1.29 is 33.4 Å². The minimum Gasteiger partial charge on any atom is -0.493 e. The van der Waals surface area contributed by atoms with Crippen LogP contribution in [0.5, 0.6) is 11.5 Å². The number of rotatable bonds is 11. The van der Waals surface area contributed by atoms with Gasteiger partial charge in [0.2, 0.25) is 0 Å². The molecule has 1 fully saturated rings. The number of hydrogen-bond donors (Lipinski definition) is 1. The van der Waals surface area contributed by atoms with Crippen molar-refractivity contribution >= 4 is 46.5 Å². The molecule has 3 amide bonds. The second-order valence-electron chi connectivity index (χ2n) is 7.96. The SMILES string of the molecule is CCCCOC(=O)CN1C(=O)S/C(=C/c2ccc(OCC(=O)Nc3cccc(C)c3)c(OC)c2)C1=O. The largest absolute Gasteiger partial charge is 0.493 e. The molecule has 0 saturated carbocycles. The number of imide groups is 1. The van der Waals surface area contributed by atoms with E-state index in [4.69, 9.17) is 14.2 Å². The van der Waals surface area contributed by atoms with E-state index in [0.29, 0.717) is 29.2 Å². The molecule has 1 aliphatic rings. The summed E-state index contributed by atoms with van der Waals surface area (Å²) < 4.78 is 16.0. The van der Waals surface area contributed by atoms with Crippen LogP contribution in [0.25, 0.3) is 6.08 Å². The standard InChI is InChI=1S/C26H28N2O7S/c1-4-5-11-34-24(30)15-28-25(31)22(36-26(28)32)14-18-9-10-20(21(13-18)33-3)35-16-23(29)27-19-8-6-7-17(2)12-19/h6-10,12-14H,4-5,11,15-16H2,1-3H3,(H,27,29)/b22-14+. The quantitative estimate of drug-likeness (QED) is 0.268. The van der Waals surface area contributed by atoms with E-state index in [1.165, 1.54) is 13.2 Å². The zero-order valence-electron chi connectivity index (χ0n) is 20.4. The number of amides is 3. The predicted octanol–water partition coefficient (Wildman–Crippen LogP) is 4.40. The first-order chi connectivity index (χ1) is 17.3. The molecule has 1 aliphatic heterocycles. The Bertz CT molecular complexity index is 1180. The smallest absolute Gasteiger partial charge is 0.326 e. The Morgan fingerprint density at radius 2 is 1.92 bits per heavy atom. The van der Waals surface area contributed by atoms with Gasteiger partial charge in [0.25, 0.3) is 17.1 Å². The lowest BCUT2D eigenvalue weighted by atomic mass is 10.2. The third-order valence-electron chi connectivity index (χ3n) is 5.07. The molecule has 0 unspecified atom stereocenters. The Labute approximate surface area is 213 Å². The summed E-state index contributed by atoms with van der Waals surface area (Å²) >= 11 is 0.746. The van der Waals surface area contributed by atoms with E-state index in [9.17, 15) is 19.2 Å². The van der Waals surface area contributed by atoms with Gasteiger partial charge >= 0.3 is 5.97 Å². The van der Waals surface area contributed by atoms with E-state index >= 15 is 0 Å². The average Bonchev–Trinajstić information content (AvgIpc) is 3.10. The summed E-state index contributed by atoms with van der Waals surface area (Å²) in [6, 6.07) is 12.3. The molecule has 2 aromatic carbocycles. The molecule has 190 valence electrons. The zero-order chi connectivity index (χ0) is 26.1. The van der Waals surface area contributed by atoms with Gasteiger partial charge in [-0.1, -0.05) is 31.5 Å². The van der Waals surface area contributed by atoms with Gasteiger partial charge in [0, 0.05) is 5.69 Å². The fraction of sp³-hybridized carbons (Fsp3) is 0.308. The fourth-order valence-corrected chi connectivity index (χ4v) is 4.09.